The molecule has 7 nitrogen and oxygen atoms in total. The molecule has 1 aliphatic rings. The molecule has 7 heteroatoms. The van der Waals surface area contributed by atoms with Crippen LogP contribution in [0.2, 0.25) is 0 Å². The van der Waals surface area contributed by atoms with Crippen LogP contribution < -0.4 is 5.32 Å². The number of benzene rings is 1. The Balaban J connectivity index is 1.54. The van der Waals surface area contributed by atoms with Gasteiger partial charge in [-0.2, -0.15) is 4.98 Å². The minimum atomic E-state index is -1.06. The molecule has 2 heterocycles. The largest absolute Gasteiger partial charge is 0.383 e. The summed E-state index contributed by atoms with van der Waals surface area (Å²) in [5.41, 5.74) is 1.81. The van der Waals surface area contributed by atoms with E-state index in [9.17, 15) is 9.90 Å². The molecule has 25 heavy (non-hydrogen) atoms. The third kappa shape index (κ3) is 2.76. The summed E-state index contributed by atoms with van der Waals surface area (Å²) < 4.78 is 1.53. The molecule has 4 rings (SSSR count). The van der Waals surface area contributed by atoms with E-state index in [1.165, 1.54) is 4.52 Å². The Morgan fingerprint density at radius 1 is 1.36 bits per heavy atom. The number of amides is 1. The Bertz CT molecular complexity index is 952. The molecule has 0 fully saturated rings. The van der Waals surface area contributed by atoms with Crippen LogP contribution in [-0.2, 0) is 12.0 Å². The van der Waals surface area contributed by atoms with Crippen molar-refractivity contribution in [1.82, 2.24) is 24.9 Å². The summed E-state index contributed by atoms with van der Waals surface area (Å²) in [6.07, 6.45) is 4.08. The molecular weight excluding hydrogens is 318 g/mol. The number of hydrogen-bond acceptors (Lipinski definition) is 5. The number of aryl methyl sites for hydroxylation is 2. The van der Waals surface area contributed by atoms with E-state index in [-0.39, 0.29) is 12.4 Å². The zero-order valence-electron chi connectivity index (χ0n) is 13.9. The SMILES string of the molecule is Cc1ccnc2nc(C(=O)NC[C@]3(O)CCCc4ccccc43)nn12. The number of carbonyl (C=O) groups excluding carboxylic acids is 1. The van der Waals surface area contributed by atoms with Crippen molar-refractivity contribution >= 4 is 11.7 Å². The summed E-state index contributed by atoms with van der Waals surface area (Å²) in [5.74, 6) is 0.0164. The third-order valence-electron chi connectivity index (χ3n) is 4.73. The molecule has 2 N–H and O–H groups in total. The highest BCUT2D eigenvalue weighted by atomic mass is 16.3. The maximum absolute atomic E-state index is 12.4. The average Bonchev–Trinajstić information content (AvgIpc) is 3.06. The van der Waals surface area contributed by atoms with Gasteiger partial charge in [-0.3, -0.25) is 4.79 Å². The second-order valence-corrected chi connectivity index (χ2v) is 6.46. The molecule has 1 atom stereocenters. The highest BCUT2D eigenvalue weighted by molar-refractivity contribution is 5.90. The van der Waals surface area contributed by atoms with Gasteiger partial charge in [-0.15, -0.1) is 5.10 Å². The second-order valence-electron chi connectivity index (χ2n) is 6.46. The minimum absolute atomic E-state index is 0.0505. The van der Waals surface area contributed by atoms with Crippen LogP contribution in [0, 0.1) is 6.92 Å². The Morgan fingerprint density at radius 2 is 2.20 bits per heavy atom. The molecular formula is C18H19N5O2. The molecule has 3 aromatic rings. The number of aromatic nitrogens is 4. The highest BCUT2D eigenvalue weighted by Crippen LogP contribution is 2.34. The molecule has 0 radical (unpaired) electrons. The lowest BCUT2D eigenvalue weighted by Gasteiger charge is -2.34. The van der Waals surface area contributed by atoms with Gasteiger partial charge < -0.3 is 10.4 Å². The van der Waals surface area contributed by atoms with Crippen molar-refractivity contribution < 1.29 is 9.90 Å². The summed E-state index contributed by atoms with van der Waals surface area (Å²) >= 11 is 0. The van der Waals surface area contributed by atoms with Crippen molar-refractivity contribution in [3.8, 4) is 0 Å². The molecule has 0 bridgehead atoms. The first kappa shape index (κ1) is 15.7. The maximum Gasteiger partial charge on any atom is 0.291 e. The zero-order chi connectivity index (χ0) is 17.4. The Labute approximate surface area is 144 Å². The maximum atomic E-state index is 12.4. The Morgan fingerprint density at radius 3 is 3.04 bits per heavy atom. The smallest absolute Gasteiger partial charge is 0.291 e. The summed E-state index contributed by atoms with van der Waals surface area (Å²) in [6.45, 7) is 2.00. The monoisotopic (exact) mass is 337 g/mol. The van der Waals surface area contributed by atoms with Crippen molar-refractivity contribution in [3.63, 3.8) is 0 Å². The molecule has 1 aromatic carbocycles. The van der Waals surface area contributed by atoms with E-state index in [2.05, 4.69) is 20.4 Å². The number of carbonyl (C=O) groups is 1. The zero-order valence-corrected chi connectivity index (χ0v) is 13.9. The topological polar surface area (TPSA) is 92.4 Å². The van der Waals surface area contributed by atoms with E-state index < -0.39 is 11.5 Å². The van der Waals surface area contributed by atoms with Crippen LogP contribution in [0.1, 0.15) is 40.3 Å². The van der Waals surface area contributed by atoms with Gasteiger partial charge in [0, 0.05) is 11.9 Å². The third-order valence-corrected chi connectivity index (χ3v) is 4.73. The molecule has 128 valence electrons. The van der Waals surface area contributed by atoms with Crippen LogP contribution in [0.5, 0.6) is 0 Å². The van der Waals surface area contributed by atoms with E-state index in [0.29, 0.717) is 12.2 Å². The number of nitrogens with one attached hydrogen (secondary N) is 1. The first-order valence-electron chi connectivity index (χ1n) is 8.34. The van der Waals surface area contributed by atoms with Crippen LogP contribution in [0.15, 0.2) is 36.5 Å². The van der Waals surface area contributed by atoms with Crippen LogP contribution in [0.3, 0.4) is 0 Å². The predicted molar refractivity (Wildman–Crippen MR) is 91.1 cm³/mol. The molecule has 0 unspecified atom stereocenters. The summed E-state index contributed by atoms with van der Waals surface area (Å²) in [4.78, 5) is 20.7. The molecule has 0 saturated heterocycles. The van der Waals surface area contributed by atoms with Gasteiger partial charge in [-0.25, -0.2) is 9.50 Å². The summed E-state index contributed by atoms with van der Waals surface area (Å²) in [7, 11) is 0. The van der Waals surface area contributed by atoms with Gasteiger partial charge in [0.25, 0.3) is 11.7 Å². The van der Waals surface area contributed by atoms with E-state index >= 15 is 0 Å². The van der Waals surface area contributed by atoms with Gasteiger partial charge in [-0.05, 0) is 43.4 Å². The number of nitrogens with zero attached hydrogens (tertiary/aromatic N) is 4. The van der Waals surface area contributed by atoms with Gasteiger partial charge in [0.1, 0.15) is 5.60 Å². The molecule has 0 spiro atoms. The first-order valence-corrected chi connectivity index (χ1v) is 8.34. The van der Waals surface area contributed by atoms with Crippen molar-refractivity contribution in [2.24, 2.45) is 0 Å². The van der Waals surface area contributed by atoms with Crippen molar-refractivity contribution in [2.75, 3.05) is 6.54 Å². The fourth-order valence-corrected chi connectivity index (χ4v) is 3.39. The van der Waals surface area contributed by atoms with Gasteiger partial charge >= 0.3 is 0 Å². The lowest BCUT2D eigenvalue weighted by Crippen LogP contribution is -2.43. The standard InChI is InChI=1S/C18H19N5O2/c1-12-8-10-19-17-21-15(22-23(12)17)16(24)20-11-18(25)9-4-6-13-5-2-3-7-14(13)18/h2-3,5,7-8,10,25H,4,6,9,11H2,1H3,(H,20,24)/t18-/m1/s1. The van der Waals surface area contributed by atoms with Gasteiger partial charge in [0.15, 0.2) is 0 Å². The van der Waals surface area contributed by atoms with Crippen molar-refractivity contribution in [1.29, 1.82) is 0 Å². The van der Waals surface area contributed by atoms with Crippen LogP contribution in [0.25, 0.3) is 5.78 Å². The molecule has 0 aliphatic heterocycles. The van der Waals surface area contributed by atoms with Crippen LogP contribution >= 0.6 is 0 Å². The van der Waals surface area contributed by atoms with E-state index in [0.717, 1.165) is 29.7 Å². The number of rotatable bonds is 3. The summed E-state index contributed by atoms with van der Waals surface area (Å²) in [6, 6.07) is 9.63. The van der Waals surface area contributed by atoms with E-state index in [4.69, 9.17) is 0 Å². The number of hydrogen-bond donors (Lipinski definition) is 2. The van der Waals surface area contributed by atoms with E-state index in [1.807, 2.05) is 31.2 Å². The normalized spacial score (nSPS) is 19.6. The quantitative estimate of drug-likeness (QED) is 0.753. The van der Waals surface area contributed by atoms with E-state index in [1.54, 1.807) is 12.3 Å². The fraction of sp³-hybridized carbons (Fsp3) is 0.333. The van der Waals surface area contributed by atoms with Gasteiger partial charge in [0.05, 0.1) is 6.54 Å². The number of fused-ring (bicyclic) bond motifs is 2. The van der Waals surface area contributed by atoms with Gasteiger partial charge in [-0.1, -0.05) is 24.3 Å². The Hall–Kier alpha value is -2.80. The first-order chi connectivity index (χ1) is 12.1. The van der Waals surface area contributed by atoms with Crippen molar-refractivity contribution in [3.05, 3.63) is 59.2 Å². The highest BCUT2D eigenvalue weighted by Gasteiger charge is 2.34. The average molecular weight is 337 g/mol. The lowest BCUT2D eigenvalue weighted by atomic mass is 9.79. The van der Waals surface area contributed by atoms with Gasteiger partial charge in [0.2, 0.25) is 5.82 Å². The molecule has 1 amide bonds. The lowest BCUT2D eigenvalue weighted by molar-refractivity contribution is 0.0188. The van der Waals surface area contributed by atoms with Crippen molar-refractivity contribution in [2.45, 2.75) is 31.8 Å². The predicted octanol–water partition coefficient (Wildman–Crippen LogP) is 1.39. The van der Waals surface area contributed by atoms with Crippen LogP contribution in [0.4, 0.5) is 0 Å². The Kier molecular flexibility index (Phi) is 3.73. The molecule has 0 saturated carbocycles. The molecule has 1 aliphatic carbocycles. The molecule has 2 aromatic heterocycles. The fourth-order valence-electron chi connectivity index (χ4n) is 3.39. The number of aliphatic hydroxyl groups is 1. The van der Waals surface area contributed by atoms with Crippen LogP contribution in [-0.4, -0.2) is 37.1 Å². The summed E-state index contributed by atoms with van der Waals surface area (Å²) in [5, 5.41) is 18.0. The minimum Gasteiger partial charge on any atom is -0.383 e. The second kappa shape index (κ2) is 5.93.